The summed E-state index contributed by atoms with van der Waals surface area (Å²) < 4.78 is 7.02. The quantitative estimate of drug-likeness (QED) is 0.450. The summed E-state index contributed by atoms with van der Waals surface area (Å²) in [5, 5.41) is 6.31. The van der Waals surface area contributed by atoms with E-state index in [-0.39, 0.29) is 5.97 Å². The van der Waals surface area contributed by atoms with Gasteiger partial charge in [0.05, 0.1) is 29.3 Å². The van der Waals surface area contributed by atoms with E-state index >= 15 is 0 Å². The molecule has 10 heteroatoms. The van der Waals surface area contributed by atoms with Gasteiger partial charge in [0.2, 0.25) is 0 Å². The summed E-state index contributed by atoms with van der Waals surface area (Å²) in [6.07, 6.45) is 5.02. The highest BCUT2D eigenvalue weighted by Gasteiger charge is 2.27. The van der Waals surface area contributed by atoms with Gasteiger partial charge in [-0.2, -0.15) is 5.10 Å². The summed E-state index contributed by atoms with van der Waals surface area (Å²) in [5.41, 5.74) is 2.07. The molecule has 0 atom stereocenters. The molecule has 0 aromatic carbocycles. The molecule has 0 radical (unpaired) electrons. The summed E-state index contributed by atoms with van der Waals surface area (Å²) in [5.74, 6) is 0.616. The van der Waals surface area contributed by atoms with Crippen molar-refractivity contribution in [1.29, 1.82) is 0 Å². The third-order valence-corrected chi connectivity index (χ3v) is 6.51. The first-order chi connectivity index (χ1) is 15.1. The molecule has 9 nitrogen and oxygen atoms in total. The fourth-order valence-corrected chi connectivity index (χ4v) is 4.98. The molecule has 1 saturated heterocycles. The highest BCUT2D eigenvalue weighted by atomic mass is 32.1. The van der Waals surface area contributed by atoms with Gasteiger partial charge in [-0.3, -0.25) is 4.68 Å². The smallest absolute Gasteiger partial charge is 0.341 e. The molecule has 0 unspecified atom stereocenters. The monoisotopic (exact) mass is 437 g/mol. The predicted molar refractivity (Wildman–Crippen MR) is 121 cm³/mol. The third-order valence-electron chi connectivity index (χ3n) is 5.56. The van der Waals surface area contributed by atoms with Gasteiger partial charge in [-0.05, 0) is 19.9 Å². The number of anilines is 2. The first-order valence-electron chi connectivity index (χ1n) is 10.3. The molecule has 160 valence electrons. The second-order valence-corrected chi connectivity index (χ2v) is 8.73. The lowest BCUT2D eigenvalue weighted by atomic mass is 10.1. The van der Waals surface area contributed by atoms with Crippen LogP contribution in [0.1, 0.15) is 22.2 Å². The van der Waals surface area contributed by atoms with Gasteiger partial charge in [-0.25, -0.2) is 19.7 Å². The van der Waals surface area contributed by atoms with Crippen LogP contribution in [0, 0.1) is 6.92 Å². The molecule has 0 amide bonds. The van der Waals surface area contributed by atoms with Crippen molar-refractivity contribution in [1.82, 2.24) is 24.7 Å². The molecule has 1 aliphatic heterocycles. The summed E-state index contributed by atoms with van der Waals surface area (Å²) >= 11 is 1.69. The van der Waals surface area contributed by atoms with Crippen molar-refractivity contribution in [2.75, 3.05) is 42.6 Å². The zero-order valence-corrected chi connectivity index (χ0v) is 18.5. The van der Waals surface area contributed by atoms with Crippen LogP contribution >= 0.6 is 11.3 Å². The summed E-state index contributed by atoms with van der Waals surface area (Å²) in [7, 11) is 1.85. The van der Waals surface area contributed by atoms with E-state index in [2.05, 4.69) is 42.8 Å². The van der Waals surface area contributed by atoms with E-state index in [9.17, 15) is 4.79 Å². The molecular formula is C21H23N7O2S. The average molecular weight is 438 g/mol. The average Bonchev–Trinajstić information content (AvgIpc) is 3.35. The fourth-order valence-electron chi connectivity index (χ4n) is 4.14. The van der Waals surface area contributed by atoms with Crippen LogP contribution in [0.2, 0.25) is 0 Å². The van der Waals surface area contributed by atoms with E-state index in [1.54, 1.807) is 41.7 Å². The van der Waals surface area contributed by atoms with Crippen LogP contribution in [0.4, 0.5) is 11.5 Å². The zero-order valence-electron chi connectivity index (χ0n) is 17.7. The second kappa shape index (κ2) is 7.77. The van der Waals surface area contributed by atoms with E-state index < -0.39 is 0 Å². The fraction of sp³-hybridized carbons (Fsp3) is 0.381. The molecule has 4 aromatic rings. The standard InChI is InChI=1S/C21H23N7O2S/c1-4-30-21(29)16-10-22-18-15(11-25-26(18)3)17(16)27-5-7-28(8-6-27)19-14-9-13(2)31-20(14)24-12-23-19/h9-12H,4-8H2,1-3H3. The minimum Gasteiger partial charge on any atom is -0.462 e. The molecule has 0 bridgehead atoms. The van der Waals surface area contributed by atoms with Gasteiger partial charge in [0.15, 0.2) is 5.65 Å². The molecule has 5 heterocycles. The van der Waals surface area contributed by atoms with Crippen LogP contribution in [0.3, 0.4) is 0 Å². The normalized spacial score (nSPS) is 14.5. The van der Waals surface area contributed by atoms with E-state index in [1.807, 2.05) is 7.05 Å². The van der Waals surface area contributed by atoms with Gasteiger partial charge < -0.3 is 14.5 Å². The minimum atomic E-state index is -0.357. The molecule has 0 saturated carbocycles. The number of carbonyl (C=O) groups excluding carboxylic acids is 1. The number of thiophene rings is 1. The Hall–Kier alpha value is -3.27. The summed E-state index contributed by atoms with van der Waals surface area (Å²) in [4.78, 5) is 32.8. The third kappa shape index (κ3) is 3.36. The lowest BCUT2D eigenvalue weighted by Crippen LogP contribution is -2.47. The van der Waals surface area contributed by atoms with Gasteiger partial charge in [-0.1, -0.05) is 0 Å². The zero-order chi connectivity index (χ0) is 21.5. The SMILES string of the molecule is CCOC(=O)c1cnc2c(cnn2C)c1N1CCN(c2ncnc3sc(C)cc23)CC1. The Kier molecular flexibility index (Phi) is 4.93. The lowest BCUT2D eigenvalue weighted by Gasteiger charge is -2.37. The Balaban J connectivity index is 1.47. The topological polar surface area (TPSA) is 89.3 Å². The highest BCUT2D eigenvalue weighted by Crippen LogP contribution is 2.33. The number of pyridine rings is 1. The molecule has 0 aliphatic carbocycles. The van der Waals surface area contributed by atoms with E-state index in [0.29, 0.717) is 12.2 Å². The van der Waals surface area contributed by atoms with Crippen molar-refractivity contribution >= 4 is 50.1 Å². The number of aromatic nitrogens is 5. The Morgan fingerprint density at radius 2 is 1.87 bits per heavy atom. The van der Waals surface area contributed by atoms with Gasteiger partial charge in [-0.15, -0.1) is 11.3 Å². The molecule has 31 heavy (non-hydrogen) atoms. The van der Waals surface area contributed by atoms with Crippen molar-refractivity contribution in [3.63, 3.8) is 0 Å². The number of esters is 1. The van der Waals surface area contributed by atoms with Crippen molar-refractivity contribution in [2.45, 2.75) is 13.8 Å². The Morgan fingerprint density at radius 1 is 1.10 bits per heavy atom. The molecule has 0 spiro atoms. The molecular weight excluding hydrogens is 414 g/mol. The number of rotatable bonds is 4. The number of piperazine rings is 1. The highest BCUT2D eigenvalue weighted by molar-refractivity contribution is 7.18. The van der Waals surface area contributed by atoms with Gasteiger partial charge in [0.1, 0.15) is 22.5 Å². The molecule has 5 rings (SSSR count). The van der Waals surface area contributed by atoms with Gasteiger partial charge in [0, 0.05) is 44.3 Å². The van der Waals surface area contributed by atoms with Crippen molar-refractivity contribution in [2.24, 2.45) is 7.05 Å². The maximum atomic E-state index is 12.7. The maximum absolute atomic E-state index is 12.7. The molecule has 1 fully saturated rings. The number of aryl methyl sites for hydroxylation is 2. The Morgan fingerprint density at radius 3 is 2.65 bits per heavy atom. The van der Waals surface area contributed by atoms with E-state index in [1.165, 1.54) is 4.88 Å². The Labute approximate surface area is 183 Å². The summed E-state index contributed by atoms with van der Waals surface area (Å²) in [6.45, 7) is 7.28. The largest absolute Gasteiger partial charge is 0.462 e. The number of ether oxygens (including phenoxy) is 1. The minimum absolute atomic E-state index is 0.320. The number of fused-ring (bicyclic) bond motifs is 2. The first kappa shape index (κ1) is 19.7. The van der Waals surface area contributed by atoms with E-state index in [0.717, 1.165) is 58.9 Å². The maximum Gasteiger partial charge on any atom is 0.341 e. The van der Waals surface area contributed by atoms with Crippen molar-refractivity contribution < 1.29 is 9.53 Å². The van der Waals surface area contributed by atoms with Crippen LogP contribution < -0.4 is 9.80 Å². The van der Waals surface area contributed by atoms with E-state index in [4.69, 9.17) is 4.74 Å². The number of hydrogen-bond donors (Lipinski definition) is 0. The molecule has 0 N–H and O–H groups in total. The number of hydrogen-bond acceptors (Lipinski definition) is 9. The van der Waals surface area contributed by atoms with Crippen LogP contribution in [0.15, 0.2) is 24.8 Å². The predicted octanol–water partition coefficient (Wildman–Crippen LogP) is 2.78. The lowest BCUT2D eigenvalue weighted by molar-refractivity contribution is 0.0526. The van der Waals surface area contributed by atoms with Crippen molar-refractivity contribution in [3.05, 3.63) is 35.2 Å². The van der Waals surface area contributed by atoms with Crippen LogP contribution in [0.25, 0.3) is 21.3 Å². The summed E-state index contributed by atoms with van der Waals surface area (Å²) in [6, 6.07) is 2.16. The first-order valence-corrected chi connectivity index (χ1v) is 11.1. The van der Waals surface area contributed by atoms with Gasteiger partial charge >= 0.3 is 5.97 Å². The second-order valence-electron chi connectivity index (χ2n) is 7.49. The van der Waals surface area contributed by atoms with Crippen LogP contribution in [-0.4, -0.2) is 63.5 Å². The van der Waals surface area contributed by atoms with Crippen molar-refractivity contribution in [3.8, 4) is 0 Å². The Bertz CT molecular complexity index is 1270. The number of nitrogens with zero attached hydrogens (tertiary/aromatic N) is 7. The molecule has 4 aromatic heterocycles. The van der Waals surface area contributed by atoms with Crippen LogP contribution in [-0.2, 0) is 11.8 Å². The molecule has 1 aliphatic rings. The number of carbonyl (C=O) groups is 1. The van der Waals surface area contributed by atoms with Gasteiger partial charge in [0.25, 0.3) is 0 Å². The van der Waals surface area contributed by atoms with Crippen LogP contribution in [0.5, 0.6) is 0 Å².